The van der Waals surface area contributed by atoms with Crippen LogP contribution in [-0.4, -0.2) is 0 Å². The van der Waals surface area contributed by atoms with Crippen molar-refractivity contribution in [1.29, 1.82) is 0 Å². The molecule has 0 aliphatic carbocycles. The second-order valence-corrected chi connectivity index (χ2v) is 0. The van der Waals surface area contributed by atoms with Crippen molar-refractivity contribution in [2.24, 2.45) is 0 Å². The number of hydrogen-bond donors (Lipinski definition) is 0. The van der Waals surface area contributed by atoms with Crippen molar-refractivity contribution in [1.82, 2.24) is 0 Å². The summed E-state index contributed by atoms with van der Waals surface area (Å²) in [7, 11) is 0. The van der Waals surface area contributed by atoms with Crippen molar-refractivity contribution in [3.05, 3.63) is 0 Å². The molecule has 0 atom stereocenters. The summed E-state index contributed by atoms with van der Waals surface area (Å²) in [5, 5.41) is 0. The first-order valence-electron chi connectivity index (χ1n) is 0.204. The van der Waals surface area contributed by atoms with Crippen LogP contribution < -0.4 is 0 Å². The van der Waals surface area contributed by atoms with Crippen molar-refractivity contribution >= 4 is 0 Å². The molecular weight excluding hydrogens is 378 g/mol. The molecule has 37 valence electrons. The van der Waals surface area contributed by atoms with Gasteiger partial charge in [-0.1, -0.05) is 0 Å². The van der Waals surface area contributed by atoms with Crippen molar-refractivity contribution < 1.29 is 96.9 Å². The molecule has 0 amide bonds. The molecule has 0 aliphatic rings. The molecule has 0 spiro atoms. The predicted octanol–water partition coefficient (Wildman–Crippen LogP) is -0.126. The molecule has 0 rings (SSSR count). The van der Waals surface area contributed by atoms with Crippen LogP contribution in [0, 0.1) is 39.8 Å². The predicted molar refractivity (Wildman–Crippen MR) is 0.686 cm³/mol. The monoisotopic (exact) mass is 377 g/mol. The maximum absolute atomic E-state index is 8.39. The van der Waals surface area contributed by atoms with Crippen molar-refractivity contribution in [3.63, 3.8) is 0 Å². The summed E-state index contributed by atoms with van der Waals surface area (Å²) >= 11 is 0.0556. The SMILES string of the molecule is [Ag].[Co].[Mn].[O]=[Ce]. The third-order valence-electron chi connectivity index (χ3n) is 0. The van der Waals surface area contributed by atoms with Crippen LogP contribution in [0.2, 0.25) is 0 Å². The van der Waals surface area contributed by atoms with Crippen LogP contribution in [0.1, 0.15) is 0 Å². The molecule has 0 bridgehead atoms. The van der Waals surface area contributed by atoms with E-state index in [0.717, 1.165) is 0 Å². The molecular formula is AgCeCoMnO. The number of rotatable bonds is 0. The van der Waals surface area contributed by atoms with Gasteiger partial charge in [0.05, 0.1) is 0 Å². The summed E-state index contributed by atoms with van der Waals surface area (Å²) in [5.74, 6) is 0. The van der Waals surface area contributed by atoms with Gasteiger partial charge >= 0.3 is 40.7 Å². The fourth-order valence-electron chi connectivity index (χ4n) is 0. The zero-order valence-electron chi connectivity index (χ0n) is 1.92. The van der Waals surface area contributed by atoms with Crippen LogP contribution in [0.3, 0.4) is 0 Å². The normalized spacial score (nSPS) is 0.600. The van der Waals surface area contributed by atoms with Crippen LogP contribution in [0.25, 0.3) is 0 Å². The fraction of sp³-hybridized carbons (Fsp3) is 0. The Labute approximate surface area is 94.8 Å². The average molecular weight is 378 g/mol. The van der Waals surface area contributed by atoms with E-state index in [1.165, 1.54) is 0 Å². The molecule has 5 heavy (non-hydrogen) atoms. The molecule has 0 saturated heterocycles. The van der Waals surface area contributed by atoms with Crippen LogP contribution in [0.15, 0.2) is 0 Å². The zero-order valence-corrected chi connectivity index (χ0v) is 8.76. The minimum atomic E-state index is 0. The Morgan fingerprint density at radius 3 is 1.20 bits per heavy atom. The molecule has 0 aromatic heterocycles. The summed E-state index contributed by atoms with van der Waals surface area (Å²) in [6.07, 6.45) is 0. The van der Waals surface area contributed by atoms with Gasteiger partial charge in [0, 0.05) is 56.2 Å². The van der Waals surface area contributed by atoms with Crippen LogP contribution >= 0.6 is 0 Å². The summed E-state index contributed by atoms with van der Waals surface area (Å²) in [6, 6.07) is 0. The summed E-state index contributed by atoms with van der Waals surface area (Å²) < 4.78 is 8.39. The number of hydrogen-bond acceptors (Lipinski definition) is 1. The molecule has 5 heteroatoms. The first-order chi connectivity index (χ1) is 1.00. The topological polar surface area (TPSA) is 17.1 Å². The maximum atomic E-state index is 8.39. The van der Waals surface area contributed by atoms with E-state index < -0.39 is 0 Å². The van der Waals surface area contributed by atoms with E-state index in [9.17, 15) is 0 Å². The van der Waals surface area contributed by atoms with Crippen LogP contribution in [0.4, 0.5) is 0 Å². The molecule has 3 radical (unpaired) electrons. The molecule has 0 aromatic carbocycles. The molecule has 0 fully saturated rings. The molecule has 0 aromatic rings. The third kappa shape index (κ3) is 19.6. The third-order valence-corrected chi connectivity index (χ3v) is 0. The van der Waals surface area contributed by atoms with E-state index in [4.69, 9.17) is 0.938 Å². The Kier molecular flexibility index (Phi) is 139. The van der Waals surface area contributed by atoms with Crippen molar-refractivity contribution in [2.75, 3.05) is 0 Å². The first-order valence-corrected chi connectivity index (χ1v) is 1.49. The molecule has 1 nitrogen and oxygen atoms in total. The Hall–Kier alpha value is 2.94. The Morgan fingerprint density at radius 1 is 1.20 bits per heavy atom. The van der Waals surface area contributed by atoms with Gasteiger partial charge in [0.2, 0.25) is 0 Å². The standard InChI is InChI=1S/Ag.Ce.Co.Mn.O. The zero-order chi connectivity index (χ0) is 2.00. The molecule has 0 N–H and O–H groups in total. The Bertz CT molecular complexity index is 11.6. The molecule has 0 aliphatic heterocycles. The summed E-state index contributed by atoms with van der Waals surface area (Å²) in [4.78, 5) is 0. The fourth-order valence-corrected chi connectivity index (χ4v) is 0. The van der Waals surface area contributed by atoms with Crippen molar-refractivity contribution in [2.45, 2.75) is 0 Å². The van der Waals surface area contributed by atoms with Gasteiger partial charge < -0.3 is 0 Å². The Balaban J connectivity index is -0.00000000167. The molecule has 0 heterocycles. The van der Waals surface area contributed by atoms with E-state index in [2.05, 4.69) is 0 Å². The molecule has 0 unspecified atom stereocenters. The van der Waals surface area contributed by atoms with E-state index in [1.807, 2.05) is 0 Å². The van der Waals surface area contributed by atoms with Gasteiger partial charge in [-0.3, -0.25) is 0 Å². The van der Waals surface area contributed by atoms with E-state index >= 15 is 0 Å². The molecule has 0 saturated carbocycles. The van der Waals surface area contributed by atoms with Gasteiger partial charge in [-0.25, -0.2) is 0 Å². The van der Waals surface area contributed by atoms with E-state index in [1.54, 1.807) is 0 Å². The minimum absolute atomic E-state index is 0. The van der Waals surface area contributed by atoms with E-state index in [0.29, 0.717) is 0 Å². The second kappa shape index (κ2) is 28.3. The van der Waals surface area contributed by atoms with Crippen molar-refractivity contribution in [3.8, 4) is 0 Å². The van der Waals surface area contributed by atoms with Crippen LogP contribution in [-0.2, 0) is 57.2 Å². The summed E-state index contributed by atoms with van der Waals surface area (Å²) in [5.41, 5.74) is 0. The average Bonchev–Trinajstić information content (AvgIpc) is 1.00. The van der Waals surface area contributed by atoms with Gasteiger partial charge in [-0.2, -0.15) is 0 Å². The van der Waals surface area contributed by atoms with Gasteiger partial charge in [0.25, 0.3) is 0 Å². The van der Waals surface area contributed by atoms with Gasteiger partial charge in [-0.05, 0) is 0 Å². The Morgan fingerprint density at radius 2 is 1.20 bits per heavy atom. The quantitative estimate of drug-likeness (QED) is 0.538. The van der Waals surface area contributed by atoms with Gasteiger partial charge in [-0.15, -0.1) is 0 Å². The van der Waals surface area contributed by atoms with Crippen LogP contribution in [0.5, 0.6) is 0 Å². The second-order valence-electron chi connectivity index (χ2n) is 0. The van der Waals surface area contributed by atoms with Gasteiger partial charge in [0.1, 0.15) is 0 Å². The summed E-state index contributed by atoms with van der Waals surface area (Å²) in [6.45, 7) is 0. The van der Waals surface area contributed by atoms with Gasteiger partial charge in [0.15, 0.2) is 0 Å². The van der Waals surface area contributed by atoms with E-state index in [-0.39, 0.29) is 96.0 Å². The first kappa shape index (κ1) is 24.6.